The number of nitrogens with one attached hydrogen (secondary N) is 3. The van der Waals surface area contributed by atoms with E-state index < -0.39 is 0 Å². The molecule has 3 aromatic rings. The molecule has 0 unspecified atom stereocenters. The lowest BCUT2D eigenvalue weighted by Gasteiger charge is -2.08. The fourth-order valence-corrected chi connectivity index (χ4v) is 2.20. The Morgan fingerprint density at radius 3 is 1.10 bits per heavy atom. The highest BCUT2D eigenvalue weighted by Crippen LogP contribution is 2.13. The molecule has 0 aliphatic carbocycles. The summed E-state index contributed by atoms with van der Waals surface area (Å²) in [6.07, 6.45) is 0. The van der Waals surface area contributed by atoms with Crippen molar-refractivity contribution in [3.63, 3.8) is 0 Å². The largest absolute Gasteiger partial charge is 0.399 e. The summed E-state index contributed by atoms with van der Waals surface area (Å²) in [7, 11) is 0. The van der Waals surface area contributed by atoms with Crippen LogP contribution >= 0.6 is 0 Å². The van der Waals surface area contributed by atoms with Crippen molar-refractivity contribution in [3.05, 3.63) is 72.8 Å². The Balaban J connectivity index is 0.000000234. The molecular weight excluding hydrogens is 368 g/mol. The van der Waals surface area contributed by atoms with Crippen molar-refractivity contribution in [1.82, 2.24) is 0 Å². The predicted molar refractivity (Wildman–Crippen MR) is 120 cm³/mol. The van der Waals surface area contributed by atoms with Crippen LogP contribution < -0.4 is 33.2 Å². The van der Waals surface area contributed by atoms with Gasteiger partial charge in [-0.3, -0.25) is 4.79 Å². The van der Waals surface area contributed by atoms with Crippen molar-refractivity contribution in [2.75, 3.05) is 33.2 Å². The van der Waals surface area contributed by atoms with Gasteiger partial charge in [-0.1, -0.05) is 0 Å². The molecule has 8 heteroatoms. The summed E-state index contributed by atoms with van der Waals surface area (Å²) in [5.41, 5.74) is 20.7. The lowest BCUT2D eigenvalue weighted by Crippen LogP contribution is -2.19. The van der Waals surface area contributed by atoms with Crippen LogP contribution in [-0.4, -0.2) is 11.9 Å². The van der Waals surface area contributed by atoms with E-state index in [1.165, 1.54) is 6.92 Å². The molecule has 0 bridgehead atoms. The molecule has 0 fully saturated rings. The molecule has 3 aromatic carbocycles. The van der Waals surface area contributed by atoms with Crippen molar-refractivity contribution in [2.24, 2.45) is 0 Å². The van der Waals surface area contributed by atoms with Crippen LogP contribution in [0.2, 0.25) is 0 Å². The Labute approximate surface area is 169 Å². The van der Waals surface area contributed by atoms with E-state index in [9.17, 15) is 9.59 Å². The average molecular weight is 392 g/mol. The van der Waals surface area contributed by atoms with Gasteiger partial charge in [0.25, 0.3) is 0 Å². The van der Waals surface area contributed by atoms with Gasteiger partial charge in [-0.2, -0.15) is 0 Å². The third-order valence-electron chi connectivity index (χ3n) is 3.57. The van der Waals surface area contributed by atoms with Gasteiger partial charge in [0.05, 0.1) is 0 Å². The predicted octanol–water partition coefficient (Wildman–Crippen LogP) is 3.72. The molecule has 150 valence electrons. The number of anilines is 6. The van der Waals surface area contributed by atoms with Crippen LogP contribution in [0.3, 0.4) is 0 Å². The normalized spacial score (nSPS) is 9.55. The number of amides is 3. The van der Waals surface area contributed by atoms with E-state index >= 15 is 0 Å². The molecule has 0 aliphatic heterocycles. The first-order chi connectivity index (χ1) is 13.8. The van der Waals surface area contributed by atoms with Gasteiger partial charge in [0.15, 0.2) is 0 Å². The zero-order chi connectivity index (χ0) is 21.2. The number of nitrogen functional groups attached to an aromatic ring is 3. The minimum Gasteiger partial charge on any atom is -0.399 e. The highest BCUT2D eigenvalue weighted by atomic mass is 16.2. The molecule has 0 saturated carbocycles. The summed E-state index contributed by atoms with van der Waals surface area (Å²) in [5.74, 6) is -0.0743. The van der Waals surface area contributed by atoms with Gasteiger partial charge in [-0.05, 0) is 72.8 Å². The van der Waals surface area contributed by atoms with E-state index in [2.05, 4.69) is 16.0 Å². The van der Waals surface area contributed by atoms with Crippen LogP contribution in [-0.2, 0) is 4.79 Å². The fourth-order valence-electron chi connectivity index (χ4n) is 2.20. The molecule has 0 aromatic heterocycles. The van der Waals surface area contributed by atoms with Gasteiger partial charge in [0.2, 0.25) is 5.91 Å². The highest BCUT2D eigenvalue weighted by Gasteiger charge is 2.02. The number of hydrogen-bond acceptors (Lipinski definition) is 5. The molecule has 0 spiro atoms. The molecule has 9 N–H and O–H groups in total. The zero-order valence-electron chi connectivity index (χ0n) is 16.0. The van der Waals surface area contributed by atoms with Gasteiger partial charge in [-0.25, -0.2) is 4.79 Å². The zero-order valence-corrected chi connectivity index (χ0v) is 16.0. The van der Waals surface area contributed by atoms with Crippen molar-refractivity contribution >= 4 is 46.1 Å². The van der Waals surface area contributed by atoms with E-state index in [0.29, 0.717) is 28.4 Å². The Morgan fingerprint density at radius 2 is 0.828 bits per heavy atom. The molecule has 0 heterocycles. The van der Waals surface area contributed by atoms with Crippen molar-refractivity contribution in [2.45, 2.75) is 6.92 Å². The van der Waals surface area contributed by atoms with E-state index in [1.807, 2.05) is 0 Å². The smallest absolute Gasteiger partial charge is 0.323 e. The number of urea groups is 1. The molecule has 0 atom stereocenters. The van der Waals surface area contributed by atoms with Gasteiger partial charge in [0.1, 0.15) is 0 Å². The van der Waals surface area contributed by atoms with E-state index in [4.69, 9.17) is 17.2 Å². The fraction of sp³-hybridized carbons (Fsp3) is 0.0476. The third-order valence-corrected chi connectivity index (χ3v) is 3.57. The molecule has 29 heavy (non-hydrogen) atoms. The van der Waals surface area contributed by atoms with Crippen LogP contribution in [0.5, 0.6) is 0 Å². The molecule has 0 radical (unpaired) electrons. The third kappa shape index (κ3) is 7.92. The number of benzene rings is 3. The second kappa shape index (κ2) is 10.2. The summed E-state index contributed by atoms with van der Waals surface area (Å²) in [5, 5.41) is 8.03. The minimum absolute atomic E-state index is 0.0743. The van der Waals surface area contributed by atoms with Crippen LogP contribution in [0.4, 0.5) is 38.9 Å². The topological polar surface area (TPSA) is 148 Å². The number of nitrogens with two attached hydrogens (primary N) is 3. The van der Waals surface area contributed by atoms with Crippen LogP contribution in [0.15, 0.2) is 72.8 Å². The van der Waals surface area contributed by atoms with Crippen molar-refractivity contribution in [1.29, 1.82) is 0 Å². The minimum atomic E-state index is -0.315. The standard InChI is InChI=1S/C13H14N4O.C8H10N2O/c14-9-1-5-11(6-2-9)16-13(18)17-12-7-3-10(15)4-8-12;1-6(11)10-8-4-2-7(9)3-5-8/h1-8H,14-15H2,(H2,16,17,18);2-5H,9H2,1H3,(H,10,11). The van der Waals surface area contributed by atoms with Gasteiger partial charge < -0.3 is 33.2 Å². The molecule has 8 nitrogen and oxygen atoms in total. The summed E-state index contributed by atoms with van der Waals surface area (Å²) >= 11 is 0. The first-order valence-electron chi connectivity index (χ1n) is 8.74. The monoisotopic (exact) mass is 392 g/mol. The van der Waals surface area contributed by atoms with Gasteiger partial charge in [0, 0.05) is 41.0 Å². The molecular formula is C21H24N6O2. The Hall–Kier alpha value is -4.20. The Morgan fingerprint density at radius 1 is 0.552 bits per heavy atom. The Bertz CT molecular complexity index is 889. The van der Waals surface area contributed by atoms with E-state index in [0.717, 1.165) is 5.69 Å². The summed E-state index contributed by atoms with van der Waals surface area (Å²) < 4.78 is 0. The summed E-state index contributed by atoms with van der Waals surface area (Å²) in [6, 6.07) is 20.5. The Kier molecular flexibility index (Phi) is 7.43. The van der Waals surface area contributed by atoms with Crippen LogP contribution in [0, 0.1) is 0 Å². The van der Waals surface area contributed by atoms with Crippen molar-refractivity contribution in [3.8, 4) is 0 Å². The molecule has 3 rings (SSSR count). The summed E-state index contributed by atoms with van der Waals surface area (Å²) in [4.78, 5) is 22.2. The highest BCUT2D eigenvalue weighted by molar-refractivity contribution is 5.99. The maximum atomic E-state index is 11.7. The maximum Gasteiger partial charge on any atom is 0.323 e. The SMILES string of the molecule is CC(=O)Nc1ccc(N)cc1.Nc1ccc(NC(=O)Nc2ccc(N)cc2)cc1. The summed E-state index contributed by atoms with van der Waals surface area (Å²) in [6.45, 7) is 1.47. The van der Waals surface area contributed by atoms with Crippen molar-refractivity contribution < 1.29 is 9.59 Å². The molecule has 0 aliphatic rings. The molecule has 3 amide bonds. The quantitative estimate of drug-likeness (QED) is 0.376. The average Bonchev–Trinajstić information content (AvgIpc) is 2.67. The van der Waals surface area contributed by atoms with Gasteiger partial charge in [-0.15, -0.1) is 0 Å². The number of carbonyl (C=O) groups is 2. The second-order valence-corrected chi connectivity index (χ2v) is 6.13. The maximum absolute atomic E-state index is 11.7. The number of rotatable bonds is 3. The lowest BCUT2D eigenvalue weighted by molar-refractivity contribution is -0.114. The molecule has 0 saturated heterocycles. The van der Waals surface area contributed by atoms with E-state index in [1.54, 1.807) is 72.8 Å². The van der Waals surface area contributed by atoms with E-state index in [-0.39, 0.29) is 11.9 Å². The van der Waals surface area contributed by atoms with Crippen LogP contribution in [0.25, 0.3) is 0 Å². The first kappa shape index (κ1) is 21.1. The van der Waals surface area contributed by atoms with Gasteiger partial charge >= 0.3 is 6.03 Å². The van der Waals surface area contributed by atoms with Crippen LogP contribution in [0.1, 0.15) is 6.92 Å². The number of carbonyl (C=O) groups excluding carboxylic acids is 2. The lowest BCUT2D eigenvalue weighted by atomic mass is 10.3. The number of hydrogen-bond donors (Lipinski definition) is 6. The first-order valence-corrected chi connectivity index (χ1v) is 8.74. The second-order valence-electron chi connectivity index (χ2n) is 6.13.